The van der Waals surface area contributed by atoms with E-state index in [-0.39, 0.29) is 6.61 Å². The van der Waals surface area contributed by atoms with E-state index in [2.05, 4.69) is 29.1 Å². The Morgan fingerprint density at radius 2 is 2.21 bits per heavy atom. The van der Waals surface area contributed by atoms with E-state index >= 15 is 0 Å². The number of hydrogen-bond donors (Lipinski definition) is 3. The molecule has 0 spiro atoms. The van der Waals surface area contributed by atoms with Gasteiger partial charge in [0.15, 0.2) is 0 Å². The molecular formula is C10H16N2OS. The van der Waals surface area contributed by atoms with Crippen molar-refractivity contribution in [2.75, 3.05) is 25.5 Å². The average molecular weight is 212 g/mol. The summed E-state index contributed by atoms with van der Waals surface area (Å²) >= 11 is 1.55. The minimum Gasteiger partial charge on any atom is -0.395 e. The molecule has 3 N–H and O–H groups in total. The number of anilines is 1. The lowest BCUT2D eigenvalue weighted by Crippen LogP contribution is -2.09. The first-order valence-corrected chi connectivity index (χ1v) is 5.38. The highest BCUT2D eigenvalue weighted by Crippen LogP contribution is 2.23. The number of aliphatic hydroxyl groups excluding tert-OH is 1. The molecule has 1 aromatic rings. The van der Waals surface area contributed by atoms with Gasteiger partial charge in [0.1, 0.15) is 0 Å². The minimum absolute atomic E-state index is 0.164. The molecule has 0 aromatic heterocycles. The van der Waals surface area contributed by atoms with E-state index in [0.29, 0.717) is 6.54 Å². The number of hydrogen-bond acceptors (Lipinski definition) is 4. The van der Waals surface area contributed by atoms with E-state index in [1.165, 1.54) is 10.5 Å². The van der Waals surface area contributed by atoms with Gasteiger partial charge in [-0.1, -0.05) is 6.07 Å². The van der Waals surface area contributed by atoms with Gasteiger partial charge in [-0.2, -0.15) is 0 Å². The number of benzene rings is 1. The number of rotatable bonds is 5. The van der Waals surface area contributed by atoms with Crippen LogP contribution in [0.2, 0.25) is 0 Å². The van der Waals surface area contributed by atoms with Gasteiger partial charge in [-0.05, 0) is 36.6 Å². The van der Waals surface area contributed by atoms with Gasteiger partial charge < -0.3 is 10.4 Å². The van der Waals surface area contributed by atoms with Crippen LogP contribution in [0.1, 0.15) is 5.56 Å². The third-order valence-corrected chi connectivity index (χ3v) is 2.88. The maximum absolute atomic E-state index is 8.63. The van der Waals surface area contributed by atoms with Crippen molar-refractivity contribution < 1.29 is 5.11 Å². The highest BCUT2D eigenvalue weighted by Gasteiger charge is 1.99. The average Bonchev–Trinajstić information content (AvgIpc) is 2.21. The van der Waals surface area contributed by atoms with Crippen LogP contribution >= 0.6 is 11.9 Å². The smallest absolute Gasteiger partial charge is 0.0565 e. The van der Waals surface area contributed by atoms with Crippen LogP contribution in [-0.2, 0) is 0 Å². The second-order valence-corrected chi connectivity index (χ2v) is 3.88. The molecule has 0 saturated carbocycles. The molecule has 4 heteroatoms. The quantitative estimate of drug-likeness (QED) is 0.513. The molecule has 0 radical (unpaired) electrons. The van der Waals surface area contributed by atoms with Crippen molar-refractivity contribution in [1.82, 2.24) is 4.72 Å². The minimum atomic E-state index is 0.164. The predicted octanol–water partition coefficient (Wildman–Crippen LogP) is 1.63. The maximum atomic E-state index is 8.63. The number of aryl methyl sites for hydroxylation is 1. The first kappa shape index (κ1) is 11.4. The third kappa shape index (κ3) is 3.21. The molecular weight excluding hydrogens is 196 g/mol. The van der Waals surface area contributed by atoms with Crippen LogP contribution in [-0.4, -0.2) is 25.3 Å². The molecule has 0 aliphatic heterocycles. The van der Waals surface area contributed by atoms with Crippen LogP contribution in [0.3, 0.4) is 0 Å². The first-order chi connectivity index (χ1) is 6.77. The lowest BCUT2D eigenvalue weighted by molar-refractivity contribution is 0.302. The zero-order valence-corrected chi connectivity index (χ0v) is 9.32. The zero-order chi connectivity index (χ0) is 10.4. The van der Waals surface area contributed by atoms with Crippen LogP contribution in [0.5, 0.6) is 0 Å². The van der Waals surface area contributed by atoms with E-state index < -0.39 is 0 Å². The van der Waals surface area contributed by atoms with E-state index in [1.807, 2.05) is 13.1 Å². The van der Waals surface area contributed by atoms with Crippen LogP contribution in [0.4, 0.5) is 5.69 Å². The first-order valence-electron chi connectivity index (χ1n) is 4.57. The summed E-state index contributed by atoms with van der Waals surface area (Å²) in [6, 6.07) is 6.21. The Labute approximate surface area is 89.0 Å². The summed E-state index contributed by atoms with van der Waals surface area (Å²) in [6.45, 7) is 2.84. The molecule has 1 aromatic carbocycles. The summed E-state index contributed by atoms with van der Waals surface area (Å²) < 4.78 is 3.08. The fraction of sp³-hybridized carbons (Fsp3) is 0.400. The Morgan fingerprint density at radius 3 is 2.86 bits per heavy atom. The fourth-order valence-electron chi connectivity index (χ4n) is 1.04. The predicted molar refractivity (Wildman–Crippen MR) is 61.7 cm³/mol. The molecule has 3 nitrogen and oxygen atoms in total. The fourth-order valence-corrected chi connectivity index (χ4v) is 1.80. The maximum Gasteiger partial charge on any atom is 0.0565 e. The SMILES string of the molecule is CNc1ccc(C)c(SNCCO)c1. The summed E-state index contributed by atoms with van der Waals surface area (Å²) in [5.41, 5.74) is 2.34. The third-order valence-electron chi connectivity index (χ3n) is 1.87. The summed E-state index contributed by atoms with van der Waals surface area (Å²) in [5.74, 6) is 0. The molecule has 0 aliphatic rings. The summed E-state index contributed by atoms with van der Waals surface area (Å²) in [5, 5.41) is 11.7. The molecule has 0 atom stereocenters. The van der Waals surface area contributed by atoms with E-state index in [1.54, 1.807) is 11.9 Å². The standard InChI is InChI=1S/C10H16N2OS/c1-8-3-4-9(11-2)7-10(8)14-12-5-6-13/h3-4,7,11-13H,5-6H2,1-2H3. The molecule has 0 unspecified atom stereocenters. The summed E-state index contributed by atoms with van der Waals surface area (Å²) in [7, 11) is 1.90. The topological polar surface area (TPSA) is 44.3 Å². The highest BCUT2D eigenvalue weighted by molar-refractivity contribution is 7.97. The Kier molecular flexibility index (Phi) is 4.79. The second-order valence-electron chi connectivity index (χ2n) is 2.95. The Balaban J connectivity index is 2.64. The Bertz CT molecular complexity index is 291. The van der Waals surface area contributed by atoms with Crippen molar-refractivity contribution >= 4 is 17.6 Å². The second kappa shape index (κ2) is 5.90. The van der Waals surface area contributed by atoms with E-state index in [4.69, 9.17) is 5.11 Å². The molecule has 0 saturated heterocycles. The van der Waals surface area contributed by atoms with Crippen LogP contribution < -0.4 is 10.0 Å². The van der Waals surface area contributed by atoms with Gasteiger partial charge in [-0.15, -0.1) is 0 Å². The van der Waals surface area contributed by atoms with Gasteiger partial charge in [0.25, 0.3) is 0 Å². The normalized spacial score (nSPS) is 10.2. The van der Waals surface area contributed by atoms with Crippen molar-refractivity contribution in [1.29, 1.82) is 0 Å². The Hall–Kier alpha value is -0.710. The van der Waals surface area contributed by atoms with Crippen LogP contribution in [0.15, 0.2) is 23.1 Å². The molecule has 14 heavy (non-hydrogen) atoms. The van der Waals surface area contributed by atoms with Gasteiger partial charge in [-0.25, -0.2) is 0 Å². The molecule has 0 bridgehead atoms. The van der Waals surface area contributed by atoms with Crippen molar-refractivity contribution in [3.63, 3.8) is 0 Å². The van der Waals surface area contributed by atoms with Gasteiger partial charge in [0.05, 0.1) is 6.61 Å². The summed E-state index contributed by atoms with van der Waals surface area (Å²) in [4.78, 5) is 1.19. The monoisotopic (exact) mass is 212 g/mol. The molecule has 78 valence electrons. The zero-order valence-electron chi connectivity index (χ0n) is 8.50. The molecule has 0 aliphatic carbocycles. The number of nitrogens with one attached hydrogen (secondary N) is 2. The molecule has 0 heterocycles. The van der Waals surface area contributed by atoms with E-state index in [9.17, 15) is 0 Å². The van der Waals surface area contributed by atoms with Gasteiger partial charge in [0, 0.05) is 24.2 Å². The van der Waals surface area contributed by atoms with Crippen molar-refractivity contribution in [3.8, 4) is 0 Å². The molecule has 0 amide bonds. The number of aliphatic hydroxyl groups is 1. The van der Waals surface area contributed by atoms with E-state index in [0.717, 1.165) is 5.69 Å². The van der Waals surface area contributed by atoms with Crippen LogP contribution in [0, 0.1) is 6.92 Å². The van der Waals surface area contributed by atoms with Gasteiger partial charge >= 0.3 is 0 Å². The van der Waals surface area contributed by atoms with Gasteiger partial charge in [0.2, 0.25) is 0 Å². The highest BCUT2D eigenvalue weighted by atomic mass is 32.2. The lowest BCUT2D eigenvalue weighted by Gasteiger charge is -2.08. The van der Waals surface area contributed by atoms with Gasteiger partial charge in [-0.3, -0.25) is 4.72 Å². The summed E-state index contributed by atoms with van der Waals surface area (Å²) in [6.07, 6.45) is 0. The largest absolute Gasteiger partial charge is 0.395 e. The van der Waals surface area contributed by atoms with Crippen molar-refractivity contribution in [3.05, 3.63) is 23.8 Å². The lowest BCUT2D eigenvalue weighted by atomic mass is 10.2. The molecule has 1 rings (SSSR count). The van der Waals surface area contributed by atoms with Crippen molar-refractivity contribution in [2.24, 2.45) is 0 Å². The Morgan fingerprint density at radius 1 is 1.43 bits per heavy atom. The molecule has 0 fully saturated rings. The van der Waals surface area contributed by atoms with Crippen LogP contribution in [0.25, 0.3) is 0 Å². The van der Waals surface area contributed by atoms with Crippen molar-refractivity contribution in [2.45, 2.75) is 11.8 Å².